The second-order valence-corrected chi connectivity index (χ2v) is 7.96. The minimum Gasteiger partial charge on any atom is -0.497 e. The van der Waals surface area contributed by atoms with E-state index in [4.69, 9.17) is 9.72 Å². The van der Waals surface area contributed by atoms with E-state index in [1.54, 1.807) is 13.3 Å². The Labute approximate surface area is 183 Å². The molecule has 0 aliphatic carbocycles. The Hall–Kier alpha value is -3.41. The first kappa shape index (κ1) is 20.8. The van der Waals surface area contributed by atoms with Gasteiger partial charge in [0.15, 0.2) is 5.82 Å². The zero-order valence-electron chi connectivity index (χ0n) is 18.0. The van der Waals surface area contributed by atoms with E-state index in [0.29, 0.717) is 18.9 Å². The third-order valence-corrected chi connectivity index (χ3v) is 5.67. The first-order valence-corrected chi connectivity index (χ1v) is 10.7. The van der Waals surface area contributed by atoms with Gasteiger partial charge in [0.2, 0.25) is 5.91 Å². The van der Waals surface area contributed by atoms with E-state index >= 15 is 0 Å². The molecule has 0 spiro atoms. The number of aryl methyl sites for hydroxylation is 1. The van der Waals surface area contributed by atoms with Crippen molar-refractivity contribution in [2.75, 3.05) is 25.1 Å². The summed E-state index contributed by atoms with van der Waals surface area (Å²) in [6.45, 7) is 4.12. The van der Waals surface area contributed by atoms with Crippen molar-refractivity contribution in [3.05, 3.63) is 71.9 Å². The monoisotopic (exact) mass is 416 g/mol. The number of ether oxygens (including phenoxy) is 1. The van der Waals surface area contributed by atoms with E-state index in [-0.39, 0.29) is 11.8 Å². The predicted molar refractivity (Wildman–Crippen MR) is 122 cm³/mol. The summed E-state index contributed by atoms with van der Waals surface area (Å²) in [6.07, 6.45) is 3.64. The van der Waals surface area contributed by atoms with Gasteiger partial charge in [-0.25, -0.2) is 9.97 Å². The Kier molecular flexibility index (Phi) is 6.46. The first-order valence-electron chi connectivity index (χ1n) is 10.7. The number of aromatic nitrogens is 2. The molecular weight excluding hydrogens is 388 g/mol. The minimum atomic E-state index is -0.0582. The molecule has 0 radical (unpaired) electrons. The summed E-state index contributed by atoms with van der Waals surface area (Å²) in [5.74, 6) is 2.40. The number of carbonyl (C=O) groups excluding carboxylic acids is 1. The van der Waals surface area contributed by atoms with Gasteiger partial charge in [0, 0.05) is 31.4 Å². The van der Waals surface area contributed by atoms with Crippen molar-refractivity contribution in [1.29, 1.82) is 0 Å². The largest absolute Gasteiger partial charge is 0.497 e. The maximum absolute atomic E-state index is 12.8. The molecule has 1 atom stereocenters. The normalized spacial score (nSPS) is 16.1. The van der Waals surface area contributed by atoms with Crippen LogP contribution in [0.15, 0.2) is 60.8 Å². The number of carbonyl (C=O) groups is 1. The molecule has 0 saturated carbocycles. The van der Waals surface area contributed by atoms with Gasteiger partial charge in [0.1, 0.15) is 11.6 Å². The van der Waals surface area contributed by atoms with Crippen LogP contribution in [0.2, 0.25) is 0 Å². The molecule has 1 amide bonds. The van der Waals surface area contributed by atoms with Gasteiger partial charge in [-0.15, -0.1) is 0 Å². The third-order valence-electron chi connectivity index (χ3n) is 5.67. The van der Waals surface area contributed by atoms with E-state index in [1.807, 2.05) is 42.5 Å². The lowest BCUT2D eigenvalue weighted by Gasteiger charge is -2.33. The van der Waals surface area contributed by atoms with Crippen molar-refractivity contribution in [1.82, 2.24) is 15.3 Å². The summed E-state index contributed by atoms with van der Waals surface area (Å²) in [5.41, 5.74) is 3.23. The van der Waals surface area contributed by atoms with Gasteiger partial charge < -0.3 is 15.0 Å². The topological polar surface area (TPSA) is 67.3 Å². The fourth-order valence-corrected chi connectivity index (χ4v) is 3.88. The Balaban J connectivity index is 1.40. The number of amides is 1. The van der Waals surface area contributed by atoms with Gasteiger partial charge in [-0.1, -0.05) is 42.0 Å². The van der Waals surface area contributed by atoms with Gasteiger partial charge in [-0.3, -0.25) is 4.79 Å². The standard InChI is InChI=1S/C25H28N4O2/c1-18-8-10-20(11-9-18)24-26-13-12-23(28-24)29-14-4-6-21(17-29)25(30)27-16-19-5-3-7-22(15-19)31-2/h3,5,7-13,15,21H,4,6,14,16-17H2,1-2H3,(H,27,30). The minimum absolute atomic E-state index is 0.0582. The fraction of sp³-hybridized carbons (Fsp3) is 0.320. The van der Waals surface area contributed by atoms with Crippen LogP contribution in [-0.4, -0.2) is 36.1 Å². The number of methoxy groups -OCH3 is 1. The van der Waals surface area contributed by atoms with Crippen LogP contribution in [0.3, 0.4) is 0 Å². The number of benzene rings is 2. The van der Waals surface area contributed by atoms with Crippen LogP contribution in [0.25, 0.3) is 11.4 Å². The van der Waals surface area contributed by atoms with E-state index in [0.717, 1.165) is 42.1 Å². The fourth-order valence-electron chi connectivity index (χ4n) is 3.88. The molecule has 0 bridgehead atoms. The van der Waals surface area contributed by atoms with Crippen LogP contribution in [0.5, 0.6) is 5.75 Å². The molecular formula is C25H28N4O2. The molecule has 2 aromatic carbocycles. The molecule has 160 valence electrons. The second-order valence-electron chi connectivity index (χ2n) is 7.96. The molecule has 1 N–H and O–H groups in total. The van der Waals surface area contributed by atoms with Crippen molar-refractivity contribution in [2.45, 2.75) is 26.3 Å². The van der Waals surface area contributed by atoms with Gasteiger partial charge in [-0.2, -0.15) is 0 Å². The molecule has 1 aliphatic rings. The SMILES string of the molecule is COc1cccc(CNC(=O)C2CCCN(c3ccnc(-c4ccc(C)cc4)n3)C2)c1. The van der Waals surface area contributed by atoms with E-state index < -0.39 is 0 Å². The third kappa shape index (κ3) is 5.20. The number of piperidine rings is 1. The lowest BCUT2D eigenvalue weighted by atomic mass is 9.97. The van der Waals surface area contributed by atoms with E-state index in [9.17, 15) is 4.79 Å². The number of hydrogen-bond acceptors (Lipinski definition) is 5. The van der Waals surface area contributed by atoms with Gasteiger partial charge >= 0.3 is 0 Å². The summed E-state index contributed by atoms with van der Waals surface area (Å²) in [4.78, 5) is 24.2. The van der Waals surface area contributed by atoms with Crippen molar-refractivity contribution in [2.24, 2.45) is 5.92 Å². The van der Waals surface area contributed by atoms with Crippen LogP contribution in [0.4, 0.5) is 5.82 Å². The summed E-state index contributed by atoms with van der Waals surface area (Å²) < 4.78 is 5.26. The molecule has 1 fully saturated rings. The van der Waals surface area contributed by atoms with Crippen molar-refractivity contribution in [3.8, 4) is 17.1 Å². The molecule has 1 unspecified atom stereocenters. The van der Waals surface area contributed by atoms with Crippen LogP contribution >= 0.6 is 0 Å². The van der Waals surface area contributed by atoms with Crippen LogP contribution in [-0.2, 0) is 11.3 Å². The predicted octanol–water partition coefficient (Wildman–Crippen LogP) is 3.99. The van der Waals surface area contributed by atoms with Crippen LogP contribution in [0, 0.1) is 12.8 Å². The second kappa shape index (κ2) is 9.60. The highest BCUT2D eigenvalue weighted by Crippen LogP contribution is 2.24. The molecule has 2 heterocycles. The maximum Gasteiger partial charge on any atom is 0.225 e. The number of rotatable bonds is 6. The molecule has 31 heavy (non-hydrogen) atoms. The highest BCUT2D eigenvalue weighted by atomic mass is 16.5. The Bertz CT molecular complexity index is 1040. The summed E-state index contributed by atoms with van der Waals surface area (Å²) in [5, 5.41) is 3.08. The highest BCUT2D eigenvalue weighted by molar-refractivity contribution is 5.79. The summed E-state index contributed by atoms with van der Waals surface area (Å²) >= 11 is 0. The average molecular weight is 417 g/mol. The molecule has 3 aromatic rings. The molecule has 6 heteroatoms. The van der Waals surface area contributed by atoms with E-state index in [2.05, 4.69) is 34.3 Å². The van der Waals surface area contributed by atoms with Crippen LogP contribution in [0.1, 0.15) is 24.0 Å². The zero-order valence-corrected chi connectivity index (χ0v) is 18.0. The molecule has 4 rings (SSSR count). The number of anilines is 1. The molecule has 1 aromatic heterocycles. The number of hydrogen-bond donors (Lipinski definition) is 1. The van der Waals surface area contributed by atoms with Gasteiger partial charge in [0.05, 0.1) is 13.0 Å². The molecule has 1 aliphatic heterocycles. The smallest absolute Gasteiger partial charge is 0.225 e. The van der Waals surface area contributed by atoms with Gasteiger partial charge in [-0.05, 0) is 43.5 Å². The molecule has 6 nitrogen and oxygen atoms in total. The number of nitrogens with one attached hydrogen (secondary N) is 1. The maximum atomic E-state index is 12.8. The van der Waals surface area contributed by atoms with Crippen LogP contribution < -0.4 is 15.0 Å². The van der Waals surface area contributed by atoms with Gasteiger partial charge in [0.25, 0.3) is 0 Å². The zero-order chi connectivity index (χ0) is 21.6. The molecule has 1 saturated heterocycles. The quantitative estimate of drug-likeness (QED) is 0.658. The Morgan fingerprint density at radius 2 is 2.03 bits per heavy atom. The summed E-state index contributed by atoms with van der Waals surface area (Å²) in [6, 6.07) is 17.9. The van der Waals surface area contributed by atoms with Crippen molar-refractivity contribution in [3.63, 3.8) is 0 Å². The number of nitrogens with zero attached hydrogens (tertiary/aromatic N) is 3. The lowest BCUT2D eigenvalue weighted by molar-refractivity contribution is -0.125. The van der Waals surface area contributed by atoms with E-state index in [1.165, 1.54) is 5.56 Å². The summed E-state index contributed by atoms with van der Waals surface area (Å²) in [7, 11) is 1.64. The average Bonchev–Trinajstić information content (AvgIpc) is 2.83. The lowest BCUT2D eigenvalue weighted by Crippen LogP contribution is -2.43. The van der Waals surface area contributed by atoms with Crippen molar-refractivity contribution >= 4 is 11.7 Å². The highest BCUT2D eigenvalue weighted by Gasteiger charge is 2.26. The van der Waals surface area contributed by atoms with Crippen molar-refractivity contribution < 1.29 is 9.53 Å². The first-order chi connectivity index (χ1) is 15.1. The Morgan fingerprint density at radius 1 is 1.19 bits per heavy atom. The Morgan fingerprint density at radius 3 is 2.84 bits per heavy atom.